The number of hydrogen-bond acceptors (Lipinski definition) is 2. The molecule has 2 unspecified atom stereocenters. The number of carbonyl (C=O) groups is 1. The molecule has 0 aliphatic rings. The molecule has 4 heteroatoms. The van der Waals surface area contributed by atoms with Crippen LogP contribution in [0.5, 0.6) is 0 Å². The molecule has 2 N–H and O–H groups in total. The summed E-state index contributed by atoms with van der Waals surface area (Å²) in [5.41, 5.74) is 1.22. The van der Waals surface area contributed by atoms with Gasteiger partial charge in [0.05, 0.1) is 0 Å². The summed E-state index contributed by atoms with van der Waals surface area (Å²) >= 11 is 0. The topological polar surface area (TPSA) is 46.1 Å². The molecule has 102 valence electrons. The number of nitrogens with zero attached hydrogens (tertiary/aromatic N) is 1. The van der Waals surface area contributed by atoms with E-state index in [0.29, 0.717) is 12.6 Å². The predicted molar refractivity (Wildman–Crippen MR) is 74.4 cm³/mol. The molecule has 18 heavy (non-hydrogen) atoms. The Morgan fingerprint density at radius 2 is 2.11 bits per heavy atom. The van der Waals surface area contributed by atoms with Crippen molar-refractivity contribution in [3.8, 4) is 0 Å². The fourth-order valence-corrected chi connectivity index (χ4v) is 1.83. The molecule has 1 aromatic heterocycles. The SMILES string of the molecule is CCNC(C)c1ccn(CC(=O)NC(C)CC)c1. The molecule has 1 aromatic rings. The molecule has 0 fully saturated rings. The van der Waals surface area contributed by atoms with E-state index >= 15 is 0 Å². The van der Waals surface area contributed by atoms with Crippen LogP contribution in [0.15, 0.2) is 18.5 Å². The second-order valence-corrected chi connectivity index (χ2v) is 4.77. The number of hydrogen-bond donors (Lipinski definition) is 2. The van der Waals surface area contributed by atoms with Crippen molar-refractivity contribution in [3.05, 3.63) is 24.0 Å². The molecule has 1 amide bonds. The van der Waals surface area contributed by atoms with Crippen LogP contribution in [0, 0.1) is 0 Å². The minimum absolute atomic E-state index is 0.0719. The van der Waals surface area contributed by atoms with Crippen LogP contribution in [-0.2, 0) is 11.3 Å². The van der Waals surface area contributed by atoms with E-state index in [1.54, 1.807) is 0 Å². The van der Waals surface area contributed by atoms with Crippen molar-refractivity contribution in [3.63, 3.8) is 0 Å². The number of carbonyl (C=O) groups excluding carboxylic acids is 1. The van der Waals surface area contributed by atoms with Crippen LogP contribution in [0.2, 0.25) is 0 Å². The zero-order chi connectivity index (χ0) is 13.5. The van der Waals surface area contributed by atoms with Gasteiger partial charge in [0.2, 0.25) is 5.91 Å². The molecule has 0 bridgehead atoms. The van der Waals surface area contributed by atoms with Crippen LogP contribution in [0.3, 0.4) is 0 Å². The highest BCUT2D eigenvalue weighted by atomic mass is 16.2. The first kappa shape index (κ1) is 14.8. The molecule has 0 saturated heterocycles. The monoisotopic (exact) mass is 251 g/mol. The Kier molecular flexibility index (Phi) is 5.92. The van der Waals surface area contributed by atoms with Gasteiger partial charge >= 0.3 is 0 Å². The van der Waals surface area contributed by atoms with E-state index in [1.165, 1.54) is 5.56 Å². The van der Waals surface area contributed by atoms with Crippen LogP contribution in [0.4, 0.5) is 0 Å². The molecule has 0 aliphatic heterocycles. The number of nitrogens with one attached hydrogen (secondary N) is 2. The Morgan fingerprint density at radius 3 is 2.72 bits per heavy atom. The van der Waals surface area contributed by atoms with Gasteiger partial charge in [0.15, 0.2) is 0 Å². The van der Waals surface area contributed by atoms with E-state index in [0.717, 1.165) is 13.0 Å². The second kappa shape index (κ2) is 7.21. The zero-order valence-corrected chi connectivity index (χ0v) is 11.9. The third-order valence-corrected chi connectivity index (χ3v) is 3.13. The van der Waals surface area contributed by atoms with Gasteiger partial charge in [-0.05, 0) is 38.4 Å². The molecule has 0 saturated carbocycles. The molecule has 0 aromatic carbocycles. The van der Waals surface area contributed by atoms with Crippen molar-refractivity contribution in [1.82, 2.24) is 15.2 Å². The maximum absolute atomic E-state index is 11.7. The first-order valence-electron chi connectivity index (χ1n) is 6.75. The van der Waals surface area contributed by atoms with Gasteiger partial charge in [0.1, 0.15) is 6.54 Å². The first-order valence-corrected chi connectivity index (χ1v) is 6.75. The summed E-state index contributed by atoms with van der Waals surface area (Å²) in [6.45, 7) is 9.64. The van der Waals surface area contributed by atoms with Crippen LogP contribution in [0.1, 0.15) is 45.7 Å². The van der Waals surface area contributed by atoms with Gasteiger partial charge in [-0.1, -0.05) is 13.8 Å². The quantitative estimate of drug-likeness (QED) is 0.779. The summed E-state index contributed by atoms with van der Waals surface area (Å²) in [6.07, 6.45) is 4.95. The molecule has 0 spiro atoms. The highest BCUT2D eigenvalue weighted by molar-refractivity contribution is 5.76. The molecular formula is C14H25N3O. The minimum Gasteiger partial charge on any atom is -0.352 e. The van der Waals surface area contributed by atoms with Gasteiger partial charge in [-0.3, -0.25) is 4.79 Å². The smallest absolute Gasteiger partial charge is 0.240 e. The van der Waals surface area contributed by atoms with Gasteiger partial charge in [0.25, 0.3) is 0 Å². The van der Waals surface area contributed by atoms with Gasteiger partial charge in [0, 0.05) is 24.5 Å². The van der Waals surface area contributed by atoms with Crippen molar-refractivity contribution in [2.24, 2.45) is 0 Å². The molecular weight excluding hydrogens is 226 g/mol. The predicted octanol–water partition coefficient (Wildman–Crippen LogP) is 2.07. The summed E-state index contributed by atoms with van der Waals surface area (Å²) in [6, 6.07) is 2.63. The molecule has 1 rings (SSSR count). The van der Waals surface area contributed by atoms with Crippen LogP contribution in [-0.4, -0.2) is 23.1 Å². The van der Waals surface area contributed by atoms with E-state index in [-0.39, 0.29) is 11.9 Å². The van der Waals surface area contributed by atoms with Crippen LogP contribution < -0.4 is 10.6 Å². The van der Waals surface area contributed by atoms with Crippen molar-refractivity contribution >= 4 is 5.91 Å². The molecule has 4 nitrogen and oxygen atoms in total. The standard InChI is InChI=1S/C14H25N3O/c1-5-11(3)16-14(18)10-17-8-7-13(9-17)12(4)15-6-2/h7-9,11-12,15H,5-6,10H2,1-4H3,(H,16,18). The summed E-state index contributed by atoms with van der Waals surface area (Å²) in [4.78, 5) is 11.7. The van der Waals surface area contributed by atoms with E-state index in [4.69, 9.17) is 0 Å². The third kappa shape index (κ3) is 4.53. The van der Waals surface area contributed by atoms with Crippen molar-refractivity contribution in [2.45, 2.75) is 52.7 Å². The first-order chi connectivity index (χ1) is 8.56. The van der Waals surface area contributed by atoms with Gasteiger partial charge in [-0.2, -0.15) is 0 Å². The van der Waals surface area contributed by atoms with Crippen LogP contribution in [0.25, 0.3) is 0 Å². The maximum Gasteiger partial charge on any atom is 0.240 e. The summed E-state index contributed by atoms with van der Waals surface area (Å²) in [5.74, 6) is 0.0719. The Morgan fingerprint density at radius 1 is 1.39 bits per heavy atom. The number of rotatable bonds is 7. The number of aromatic nitrogens is 1. The van der Waals surface area contributed by atoms with E-state index in [1.807, 2.05) is 23.9 Å². The lowest BCUT2D eigenvalue weighted by atomic mass is 10.2. The fraction of sp³-hybridized carbons (Fsp3) is 0.643. The molecule has 0 aliphatic carbocycles. The Bertz CT molecular complexity index is 373. The highest BCUT2D eigenvalue weighted by Gasteiger charge is 2.09. The van der Waals surface area contributed by atoms with Crippen molar-refractivity contribution < 1.29 is 4.79 Å². The van der Waals surface area contributed by atoms with Crippen molar-refractivity contribution in [2.75, 3.05) is 6.54 Å². The zero-order valence-electron chi connectivity index (χ0n) is 11.9. The van der Waals surface area contributed by atoms with Gasteiger partial charge < -0.3 is 15.2 Å². The lowest BCUT2D eigenvalue weighted by molar-refractivity contribution is -0.122. The highest BCUT2D eigenvalue weighted by Crippen LogP contribution is 2.12. The fourth-order valence-electron chi connectivity index (χ4n) is 1.83. The molecule has 0 radical (unpaired) electrons. The Balaban J connectivity index is 2.51. The third-order valence-electron chi connectivity index (χ3n) is 3.13. The lowest BCUT2D eigenvalue weighted by Gasteiger charge is -2.12. The van der Waals surface area contributed by atoms with E-state index in [9.17, 15) is 4.79 Å². The van der Waals surface area contributed by atoms with E-state index < -0.39 is 0 Å². The normalized spacial score (nSPS) is 14.2. The van der Waals surface area contributed by atoms with Crippen molar-refractivity contribution in [1.29, 1.82) is 0 Å². The molecule has 1 heterocycles. The second-order valence-electron chi connectivity index (χ2n) is 4.77. The Hall–Kier alpha value is -1.29. The molecule has 2 atom stereocenters. The number of amides is 1. The van der Waals surface area contributed by atoms with Gasteiger partial charge in [-0.15, -0.1) is 0 Å². The summed E-state index contributed by atoms with van der Waals surface area (Å²) in [5, 5.41) is 6.32. The van der Waals surface area contributed by atoms with E-state index in [2.05, 4.69) is 37.5 Å². The largest absolute Gasteiger partial charge is 0.352 e. The average Bonchev–Trinajstić information content (AvgIpc) is 2.77. The minimum atomic E-state index is 0.0719. The van der Waals surface area contributed by atoms with Gasteiger partial charge in [-0.25, -0.2) is 0 Å². The van der Waals surface area contributed by atoms with Crippen LogP contribution >= 0.6 is 0 Å². The Labute approximate surface area is 110 Å². The summed E-state index contributed by atoms with van der Waals surface area (Å²) in [7, 11) is 0. The lowest BCUT2D eigenvalue weighted by Crippen LogP contribution is -2.34. The summed E-state index contributed by atoms with van der Waals surface area (Å²) < 4.78 is 1.93. The average molecular weight is 251 g/mol. The maximum atomic E-state index is 11.7.